The molecule has 396 valence electrons. The van der Waals surface area contributed by atoms with Crippen LogP contribution in [0.4, 0.5) is 0 Å². The summed E-state index contributed by atoms with van der Waals surface area (Å²) in [5.74, 6) is -1.03. The number of benzene rings is 2. The Hall–Kier alpha value is -4.87. The number of aromatic nitrogens is 2. The first-order valence-corrected chi connectivity index (χ1v) is 26.3. The Balaban J connectivity index is 0.000000267. The number of para-hydroxylation sites is 2. The molecule has 0 saturated carbocycles. The summed E-state index contributed by atoms with van der Waals surface area (Å²) in [5.41, 5.74) is -1.40. The molecule has 0 bridgehead atoms. The zero-order valence-electron chi connectivity index (χ0n) is 40.5. The number of carbonyl (C=O) groups is 3. The molecule has 2 aromatic carbocycles. The largest absolute Gasteiger partial charge is 0.462 e. The molecule has 0 spiro atoms. The molecule has 12 atom stereocenters. The smallest absolute Gasteiger partial charge is 0.459 e. The van der Waals surface area contributed by atoms with Crippen molar-refractivity contribution in [2.75, 3.05) is 13.2 Å². The fourth-order valence-electron chi connectivity index (χ4n) is 7.03. The molecule has 72 heavy (non-hydrogen) atoms. The molecule has 23 nitrogen and oxygen atoms in total. The molecular formula is C45H60Cl2N6O17P2. The summed E-state index contributed by atoms with van der Waals surface area (Å²) in [6, 6.07) is 15.4. The molecular weight excluding hydrogens is 1030 g/mol. The highest BCUT2D eigenvalue weighted by molar-refractivity contribution is 7.52. The Labute approximate surface area is 425 Å². The lowest BCUT2D eigenvalue weighted by Crippen LogP contribution is -2.50. The summed E-state index contributed by atoms with van der Waals surface area (Å²) in [5, 5.41) is 29.3. The van der Waals surface area contributed by atoms with Gasteiger partial charge in [-0.1, -0.05) is 43.0 Å². The number of ether oxygens (including phenoxy) is 4. The SMILES string of the molecule is C=C1NC(=O)C=CN1[C@@H]1O[C@H](CO[P@@](=O)(N[C@H](C)C(=O)OC(C)C)Oc2ccccc2)[C@@H](O)[C@@]1(C)Cl.CC(C)OC(=O)[C@@H](C)N[P@@](=O)(OC[C@H]1O[C@@H](n2ccc(=O)[nH]c2=O)[C@](C)(Cl)[C@@H]1O)Oc1ccccc1. The molecule has 1 aromatic heterocycles. The van der Waals surface area contributed by atoms with E-state index in [0.29, 0.717) is 0 Å². The van der Waals surface area contributed by atoms with Gasteiger partial charge in [-0.25, -0.2) is 13.9 Å². The van der Waals surface area contributed by atoms with E-state index in [9.17, 15) is 43.3 Å². The van der Waals surface area contributed by atoms with Crippen molar-refractivity contribution in [2.24, 2.45) is 0 Å². The average Bonchev–Trinajstić information content (AvgIpc) is 3.66. The van der Waals surface area contributed by atoms with Gasteiger partial charge >= 0.3 is 33.1 Å². The van der Waals surface area contributed by atoms with Gasteiger partial charge in [-0.05, 0) is 79.7 Å². The molecule has 6 N–H and O–H groups in total. The Morgan fingerprint density at radius 3 is 1.60 bits per heavy atom. The van der Waals surface area contributed by atoms with Crippen molar-refractivity contribution in [3.63, 3.8) is 0 Å². The Morgan fingerprint density at radius 1 is 0.750 bits per heavy atom. The Kier molecular flexibility index (Phi) is 19.7. The van der Waals surface area contributed by atoms with Crippen molar-refractivity contribution in [2.45, 2.75) is 126 Å². The lowest BCUT2D eigenvalue weighted by Gasteiger charge is -2.36. The van der Waals surface area contributed by atoms with Crippen molar-refractivity contribution in [1.29, 1.82) is 0 Å². The van der Waals surface area contributed by atoms with Gasteiger partial charge < -0.3 is 48.4 Å². The number of rotatable bonds is 20. The van der Waals surface area contributed by atoms with Gasteiger partial charge in [0.15, 0.2) is 12.5 Å². The molecule has 3 aliphatic rings. The normalized spacial score (nSPS) is 27.4. The third-order valence-corrected chi connectivity index (χ3v) is 14.7. The monoisotopic (exact) mass is 1090 g/mol. The third kappa shape index (κ3) is 15.1. The summed E-state index contributed by atoms with van der Waals surface area (Å²) in [6.07, 6.45) is -3.82. The number of amides is 1. The number of H-pyrrole nitrogens is 1. The van der Waals surface area contributed by atoms with Crippen LogP contribution in [0.3, 0.4) is 0 Å². The van der Waals surface area contributed by atoms with Crippen LogP contribution < -0.4 is 35.8 Å². The van der Waals surface area contributed by atoms with Crippen molar-refractivity contribution >= 4 is 56.5 Å². The van der Waals surface area contributed by atoms with Crippen LogP contribution >= 0.6 is 38.7 Å². The number of carbonyl (C=O) groups excluding carboxylic acids is 3. The third-order valence-electron chi connectivity index (χ3n) is 10.6. The van der Waals surface area contributed by atoms with Crippen LogP contribution in [0.5, 0.6) is 11.5 Å². The summed E-state index contributed by atoms with van der Waals surface area (Å²) in [7, 11) is -8.40. The van der Waals surface area contributed by atoms with Crippen LogP contribution in [0.15, 0.2) is 107 Å². The summed E-state index contributed by atoms with van der Waals surface area (Å²) in [4.78, 5) is 60.5. The predicted octanol–water partition coefficient (Wildman–Crippen LogP) is 4.55. The van der Waals surface area contributed by atoms with E-state index in [-0.39, 0.29) is 29.3 Å². The van der Waals surface area contributed by atoms with Gasteiger partial charge in [0.1, 0.15) is 63.6 Å². The van der Waals surface area contributed by atoms with Gasteiger partial charge in [0.2, 0.25) is 0 Å². The molecule has 4 heterocycles. The zero-order chi connectivity index (χ0) is 53.3. The number of aliphatic hydroxyl groups excluding tert-OH is 2. The second-order valence-corrected chi connectivity index (χ2v) is 22.5. The fourth-order valence-corrected chi connectivity index (χ4v) is 10.6. The van der Waals surface area contributed by atoms with Gasteiger partial charge in [0, 0.05) is 24.5 Å². The van der Waals surface area contributed by atoms with E-state index in [4.69, 9.17) is 60.2 Å². The average molecular weight is 1090 g/mol. The van der Waals surface area contributed by atoms with Crippen LogP contribution in [-0.2, 0) is 51.5 Å². The first-order chi connectivity index (χ1) is 33.6. The van der Waals surface area contributed by atoms with Crippen LogP contribution in [0.2, 0.25) is 0 Å². The highest BCUT2D eigenvalue weighted by Crippen LogP contribution is 2.49. The molecule has 2 fully saturated rings. The van der Waals surface area contributed by atoms with Crippen molar-refractivity contribution in [3.05, 3.63) is 118 Å². The summed E-state index contributed by atoms with van der Waals surface area (Å²) in [6.45, 7) is 15.5. The summed E-state index contributed by atoms with van der Waals surface area (Å²) >= 11 is 13.2. The Morgan fingerprint density at radius 2 is 1.18 bits per heavy atom. The number of hydrogen-bond acceptors (Lipinski definition) is 18. The van der Waals surface area contributed by atoms with Gasteiger partial charge in [0.05, 0.1) is 25.4 Å². The number of alkyl halides is 2. The van der Waals surface area contributed by atoms with E-state index in [1.54, 1.807) is 95.3 Å². The predicted molar refractivity (Wildman–Crippen MR) is 262 cm³/mol. The molecule has 3 aliphatic heterocycles. The van der Waals surface area contributed by atoms with Crippen molar-refractivity contribution < 1.29 is 70.8 Å². The number of nitrogens with one attached hydrogen (secondary N) is 4. The maximum Gasteiger partial charge on any atom is 0.459 e. The quantitative estimate of drug-likeness (QED) is 0.0514. The number of aliphatic hydroxyl groups is 2. The van der Waals surface area contributed by atoms with Gasteiger partial charge in [-0.15, -0.1) is 23.2 Å². The standard InChI is InChI=1S/C23H31ClN3O8P.C22H29ClN3O9P/c1-14(2)33-21(30)15(3)26-36(31,35-17-9-7-6-8-10-17)32-13-18-20(29)23(5,24)22(34-18)27-12-11-19(28)25-16(27)4;1-13(2)33-19(29)14(3)25-36(31,35-15-8-6-5-7-9-15)32-12-16-18(28)22(4,23)20(34-16)26-11-10-17(27)24-21(26)30/h6-12,14-15,18,20,22,29H,4,13H2,1-3,5H3,(H,25,28)(H,26,31);5-11,13-14,16,18,20,28H,12H2,1-4H3,(H,25,31)(H,24,27,30)/t15-,18-,20-,22-,23-,36+;14-,16-,18-,20-,22-,36-/m11/s1. The van der Waals surface area contributed by atoms with E-state index in [0.717, 1.165) is 10.6 Å². The van der Waals surface area contributed by atoms with Crippen LogP contribution in [0, 0.1) is 0 Å². The fraction of sp³-hybridized carbons (Fsp3) is 0.489. The second-order valence-electron chi connectivity index (χ2n) is 17.5. The number of hydrogen-bond donors (Lipinski definition) is 6. The van der Waals surface area contributed by atoms with E-state index in [2.05, 4.69) is 27.1 Å². The van der Waals surface area contributed by atoms with E-state index >= 15 is 0 Å². The first kappa shape index (κ1) is 58.0. The highest BCUT2D eigenvalue weighted by Gasteiger charge is 2.56. The first-order valence-electron chi connectivity index (χ1n) is 22.4. The molecule has 6 rings (SSSR count). The molecule has 1 amide bonds. The number of nitrogens with zero attached hydrogens (tertiary/aromatic N) is 2. The zero-order valence-corrected chi connectivity index (χ0v) is 43.8. The van der Waals surface area contributed by atoms with Crippen molar-refractivity contribution in [3.8, 4) is 11.5 Å². The molecule has 3 aromatic rings. The van der Waals surface area contributed by atoms with Gasteiger partial charge in [-0.3, -0.25) is 37.8 Å². The molecule has 0 radical (unpaired) electrons. The van der Waals surface area contributed by atoms with Crippen LogP contribution in [0.25, 0.3) is 0 Å². The van der Waals surface area contributed by atoms with E-state index < -0.39 is 117 Å². The lowest BCUT2D eigenvalue weighted by atomic mass is 10.0. The highest BCUT2D eigenvalue weighted by atomic mass is 35.5. The Bertz CT molecular complexity index is 2620. The van der Waals surface area contributed by atoms with Crippen LogP contribution in [0.1, 0.15) is 61.6 Å². The minimum Gasteiger partial charge on any atom is -0.462 e. The molecule has 0 aliphatic carbocycles. The van der Waals surface area contributed by atoms with E-state index in [1.807, 2.05) is 0 Å². The van der Waals surface area contributed by atoms with Crippen LogP contribution in [-0.4, -0.2) is 120 Å². The topological polar surface area (TPSA) is 294 Å². The summed E-state index contributed by atoms with van der Waals surface area (Å²) < 4.78 is 72.7. The maximum atomic E-state index is 13.7. The van der Waals surface area contributed by atoms with Crippen molar-refractivity contribution in [1.82, 2.24) is 29.9 Å². The van der Waals surface area contributed by atoms with Gasteiger partial charge in [0.25, 0.3) is 11.5 Å². The lowest BCUT2D eigenvalue weighted by molar-refractivity contribution is -0.150. The number of esters is 2. The number of halogens is 2. The molecule has 27 heteroatoms. The number of aromatic amines is 1. The molecule has 2 saturated heterocycles. The minimum atomic E-state index is -4.22. The second kappa shape index (κ2) is 24.4. The van der Waals surface area contributed by atoms with Gasteiger partial charge in [-0.2, -0.15) is 10.2 Å². The maximum absolute atomic E-state index is 13.7. The van der Waals surface area contributed by atoms with E-state index in [1.165, 1.54) is 44.1 Å². The molecule has 0 unspecified atom stereocenters. The minimum absolute atomic E-state index is 0.200.